The summed E-state index contributed by atoms with van der Waals surface area (Å²) in [5.41, 5.74) is -0.0126. The van der Waals surface area contributed by atoms with Gasteiger partial charge in [0.05, 0.1) is 12.1 Å². The molecule has 0 unspecified atom stereocenters. The zero-order valence-corrected chi connectivity index (χ0v) is 12.8. The second-order valence-corrected chi connectivity index (χ2v) is 5.20. The summed E-state index contributed by atoms with van der Waals surface area (Å²) in [6, 6.07) is 6.60. The Morgan fingerprint density at radius 1 is 1.33 bits per heavy atom. The maximum absolute atomic E-state index is 13.6. The largest absolute Gasteiger partial charge is 0.343 e. The van der Waals surface area contributed by atoms with E-state index in [1.165, 1.54) is 24.4 Å². The highest BCUT2D eigenvalue weighted by Crippen LogP contribution is 2.15. The number of carbonyl (C=O) groups is 1. The summed E-state index contributed by atoms with van der Waals surface area (Å²) in [4.78, 5) is 29.8. The van der Waals surface area contributed by atoms with Crippen LogP contribution in [0.15, 0.2) is 45.8 Å². The molecule has 0 radical (unpaired) electrons. The molecule has 7 nitrogen and oxygen atoms in total. The first kappa shape index (κ1) is 15.9. The van der Waals surface area contributed by atoms with Gasteiger partial charge in [0.25, 0.3) is 5.91 Å². The SMILES string of the molecule is O=C(NCc1nc(-c2cc[nH]c(=O)c2)no1)c1cc(Cl)ccc1F. The summed E-state index contributed by atoms with van der Waals surface area (Å²) in [6.07, 6.45) is 1.46. The van der Waals surface area contributed by atoms with Crippen molar-refractivity contribution in [3.05, 3.63) is 69.2 Å². The van der Waals surface area contributed by atoms with Gasteiger partial charge in [-0.3, -0.25) is 9.59 Å². The molecule has 2 N–H and O–H groups in total. The molecule has 1 amide bonds. The van der Waals surface area contributed by atoms with Gasteiger partial charge in [0.15, 0.2) is 0 Å². The quantitative estimate of drug-likeness (QED) is 0.752. The van der Waals surface area contributed by atoms with Gasteiger partial charge in [0.2, 0.25) is 17.3 Å². The Labute approximate surface area is 139 Å². The van der Waals surface area contributed by atoms with Gasteiger partial charge < -0.3 is 14.8 Å². The number of pyridine rings is 1. The number of rotatable bonds is 4. The highest BCUT2D eigenvalue weighted by Gasteiger charge is 2.14. The van der Waals surface area contributed by atoms with E-state index < -0.39 is 11.7 Å². The van der Waals surface area contributed by atoms with Gasteiger partial charge in [-0.2, -0.15) is 4.98 Å². The molecule has 9 heteroatoms. The maximum Gasteiger partial charge on any atom is 0.254 e. The first-order valence-corrected chi connectivity index (χ1v) is 7.15. The Morgan fingerprint density at radius 2 is 2.17 bits per heavy atom. The predicted molar refractivity (Wildman–Crippen MR) is 82.9 cm³/mol. The third-order valence-electron chi connectivity index (χ3n) is 3.07. The lowest BCUT2D eigenvalue weighted by Crippen LogP contribution is -2.24. The monoisotopic (exact) mass is 348 g/mol. The third kappa shape index (κ3) is 3.49. The van der Waals surface area contributed by atoms with Crippen LogP contribution in [0.2, 0.25) is 5.02 Å². The number of amides is 1. The van der Waals surface area contributed by atoms with Gasteiger partial charge in [-0.05, 0) is 24.3 Å². The Bertz CT molecular complexity index is 954. The minimum Gasteiger partial charge on any atom is -0.343 e. The number of aromatic amines is 1. The Kier molecular flexibility index (Phi) is 4.39. The number of halogens is 2. The molecule has 0 aliphatic carbocycles. The van der Waals surface area contributed by atoms with Crippen LogP contribution in [0.3, 0.4) is 0 Å². The van der Waals surface area contributed by atoms with Crippen molar-refractivity contribution < 1.29 is 13.7 Å². The van der Waals surface area contributed by atoms with Crippen molar-refractivity contribution in [2.45, 2.75) is 6.54 Å². The number of H-pyrrole nitrogens is 1. The Balaban J connectivity index is 1.70. The van der Waals surface area contributed by atoms with Crippen molar-refractivity contribution in [2.75, 3.05) is 0 Å². The second-order valence-electron chi connectivity index (χ2n) is 4.76. The molecule has 0 aliphatic rings. The highest BCUT2D eigenvalue weighted by atomic mass is 35.5. The maximum atomic E-state index is 13.6. The second kappa shape index (κ2) is 6.63. The predicted octanol–water partition coefficient (Wildman–Crippen LogP) is 2.15. The molecule has 3 aromatic rings. The highest BCUT2D eigenvalue weighted by molar-refractivity contribution is 6.31. The lowest BCUT2D eigenvalue weighted by molar-refractivity contribution is 0.0942. The molecular formula is C15H10ClFN4O3. The molecule has 0 saturated heterocycles. The number of aromatic nitrogens is 3. The van der Waals surface area contributed by atoms with E-state index in [9.17, 15) is 14.0 Å². The van der Waals surface area contributed by atoms with E-state index in [1.54, 1.807) is 6.07 Å². The summed E-state index contributed by atoms with van der Waals surface area (Å²) < 4.78 is 18.6. The van der Waals surface area contributed by atoms with Gasteiger partial charge in [0, 0.05) is 22.8 Å². The minimum absolute atomic E-state index is 0.0963. The van der Waals surface area contributed by atoms with Crippen LogP contribution in [0.5, 0.6) is 0 Å². The first-order chi connectivity index (χ1) is 11.5. The Morgan fingerprint density at radius 3 is 2.96 bits per heavy atom. The lowest BCUT2D eigenvalue weighted by atomic mass is 10.2. The number of hydrogen-bond donors (Lipinski definition) is 2. The van der Waals surface area contributed by atoms with Crippen LogP contribution in [0, 0.1) is 5.82 Å². The number of carbonyl (C=O) groups excluding carboxylic acids is 1. The van der Waals surface area contributed by atoms with Crippen molar-refractivity contribution in [3.8, 4) is 11.4 Å². The van der Waals surface area contributed by atoms with E-state index in [0.29, 0.717) is 5.56 Å². The van der Waals surface area contributed by atoms with Crippen molar-refractivity contribution >= 4 is 17.5 Å². The van der Waals surface area contributed by atoms with Crippen LogP contribution < -0.4 is 10.9 Å². The third-order valence-corrected chi connectivity index (χ3v) is 3.31. The number of hydrogen-bond acceptors (Lipinski definition) is 5. The fourth-order valence-electron chi connectivity index (χ4n) is 1.95. The van der Waals surface area contributed by atoms with E-state index in [-0.39, 0.29) is 34.4 Å². The molecule has 122 valence electrons. The van der Waals surface area contributed by atoms with E-state index in [1.807, 2.05) is 0 Å². The molecule has 0 spiro atoms. The molecule has 3 rings (SSSR count). The van der Waals surface area contributed by atoms with Crippen LogP contribution in [-0.4, -0.2) is 21.0 Å². The fourth-order valence-corrected chi connectivity index (χ4v) is 2.12. The molecule has 0 atom stereocenters. The van der Waals surface area contributed by atoms with E-state index in [2.05, 4.69) is 20.4 Å². The molecule has 0 saturated carbocycles. The van der Waals surface area contributed by atoms with Gasteiger partial charge in [0.1, 0.15) is 5.82 Å². The van der Waals surface area contributed by atoms with Crippen LogP contribution in [0.4, 0.5) is 4.39 Å². The number of benzene rings is 1. The molecule has 0 fully saturated rings. The van der Waals surface area contributed by atoms with Crippen LogP contribution in [0.1, 0.15) is 16.2 Å². The first-order valence-electron chi connectivity index (χ1n) is 6.78. The van der Waals surface area contributed by atoms with Gasteiger partial charge >= 0.3 is 0 Å². The number of nitrogens with one attached hydrogen (secondary N) is 2. The standard InChI is InChI=1S/C15H10ClFN4O3/c16-9-1-2-11(17)10(6-9)15(23)19-7-13-20-14(21-24-13)8-3-4-18-12(22)5-8/h1-6H,7H2,(H,18,22)(H,19,23). The molecule has 2 aromatic heterocycles. The average Bonchev–Trinajstić information content (AvgIpc) is 3.04. The summed E-state index contributed by atoms with van der Waals surface area (Å²) >= 11 is 5.75. The smallest absolute Gasteiger partial charge is 0.254 e. The van der Waals surface area contributed by atoms with Crippen LogP contribution in [-0.2, 0) is 6.54 Å². The fraction of sp³-hybridized carbons (Fsp3) is 0.0667. The zero-order valence-electron chi connectivity index (χ0n) is 12.0. The van der Waals surface area contributed by atoms with E-state index >= 15 is 0 Å². The molecule has 24 heavy (non-hydrogen) atoms. The van der Waals surface area contributed by atoms with E-state index in [0.717, 1.165) is 6.07 Å². The molecule has 1 aromatic carbocycles. The van der Waals surface area contributed by atoms with Crippen molar-refractivity contribution in [3.63, 3.8) is 0 Å². The van der Waals surface area contributed by atoms with Crippen molar-refractivity contribution in [1.82, 2.24) is 20.4 Å². The molecule has 0 bridgehead atoms. The minimum atomic E-state index is -0.688. The molecule has 0 aliphatic heterocycles. The topological polar surface area (TPSA) is 101 Å². The number of nitrogens with zero attached hydrogens (tertiary/aromatic N) is 2. The van der Waals surface area contributed by atoms with Gasteiger partial charge in [-0.15, -0.1) is 0 Å². The van der Waals surface area contributed by atoms with Gasteiger partial charge in [-0.1, -0.05) is 16.8 Å². The summed E-state index contributed by atoms with van der Waals surface area (Å²) in [6.45, 7) is -0.0963. The molecular weight excluding hydrogens is 339 g/mol. The van der Waals surface area contributed by atoms with Crippen LogP contribution in [0.25, 0.3) is 11.4 Å². The van der Waals surface area contributed by atoms with Crippen molar-refractivity contribution in [1.29, 1.82) is 0 Å². The molecule has 2 heterocycles. The van der Waals surface area contributed by atoms with Crippen LogP contribution >= 0.6 is 11.6 Å². The van der Waals surface area contributed by atoms with E-state index in [4.69, 9.17) is 16.1 Å². The van der Waals surface area contributed by atoms with Gasteiger partial charge in [-0.25, -0.2) is 4.39 Å². The summed E-state index contributed by atoms with van der Waals surface area (Å²) in [5, 5.41) is 6.43. The summed E-state index contributed by atoms with van der Waals surface area (Å²) in [5.74, 6) is -1.03. The average molecular weight is 349 g/mol. The lowest BCUT2D eigenvalue weighted by Gasteiger charge is -2.04. The Hall–Kier alpha value is -3.00. The summed E-state index contributed by atoms with van der Waals surface area (Å²) in [7, 11) is 0. The zero-order chi connectivity index (χ0) is 17.1. The van der Waals surface area contributed by atoms with Crippen molar-refractivity contribution in [2.24, 2.45) is 0 Å². The normalized spacial score (nSPS) is 10.6.